The van der Waals surface area contributed by atoms with Crippen LogP contribution >= 0.6 is 0 Å². The molecule has 0 aliphatic heterocycles. The second-order valence-corrected chi connectivity index (χ2v) is 5.56. The second-order valence-electron chi connectivity index (χ2n) is 5.56. The number of carboxylic acid groups (broad SMARTS) is 1. The van der Waals surface area contributed by atoms with E-state index < -0.39 is 11.5 Å². The maximum atomic E-state index is 11.5. The first kappa shape index (κ1) is 12.8. The van der Waals surface area contributed by atoms with E-state index in [9.17, 15) is 9.90 Å². The van der Waals surface area contributed by atoms with E-state index >= 15 is 0 Å². The normalized spacial score (nSPS) is 33.9. The Balaban J connectivity index is 2.04. The van der Waals surface area contributed by atoms with Gasteiger partial charge in [0.05, 0.1) is 0 Å². The highest BCUT2D eigenvalue weighted by Crippen LogP contribution is 2.36. The smallest absolute Gasteiger partial charge is 0.323 e. The number of likely N-dealkylation sites (N-methyl/N-ethyl adjacent to an activating group) is 1. The predicted molar refractivity (Wildman–Crippen MR) is 67.1 cm³/mol. The number of hydrogen-bond donors (Lipinski definition) is 2. The molecule has 2 aliphatic rings. The summed E-state index contributed by atoms with van der Waals surface area (Å²) in [5.74, 6) is -0.673. The molecule has 0 amide bonds. The summed E-state index contributed by atoms with van der Waals surface area (Å²) in [6.07, 6.45) is 6.26. The number of aliphatic carboxylic acids is 1. The lowest BCUT2D eigenvalue weighted by atomic mass is 9.78. The first-order chi connectivity index (χ1) is 8.09. The molecule has 98 valence electrons. The Morgan fingerprint density at radius 1 is 1.41 bits per heavy atom. The first-order valence-electron chi connectivity index (χ1n) is 6.79. The van der Waals surface area contributed by atoms with Crippen molar-refractivity contribution in [3.63, 3.8) is 0 Å². The molecule has 0 radical (unpaired) electrons. The largest absolute Gasteiger partial charge is 0.480 e. The van der Waals surface area contributed by atoms with Crippen molar-refractivity contribution in [2.24, 2.45) is 0 Å². The quantitative estimate of drug-likeness (QED) is 0.764. The minimum absolute atomic E-state index is 0.436. The van der Waals surface area contributed by atoms with Gasteiger partial charge >= 0.3 is 5.97 Å². The highest BCUT2D eigenvalue weighted by atomic mass is 16.4. The van der Waals surface area contributed by atoms with Gasteiger partial charge in [-0.2, -0.15) is 0 Å². The molecule has 4 heteroatoms. The van der Waals surface area contributed by atoms with Gasteiger partial charge in [0.1, 0.15) is 5.54 Å². The molecule has 2 unspecified atom stereocenters. The summed E-state index contributed by atoms with van der Waals surface area (Å²) in [7, 11) is 2.16. The van der Waals surface area contributed by atoms with Crippen LogP contribution in [0.4, 0.5) is 0 Å². The van der Waals surface area contributed by atoms with E-state index in [1.165, 1.54) is 12.8 Å². The van der Waals surface area contributed by atoms with Crippen molar-refractivity contribution in [1.29, 1.82) is 0 Å². The monoisotopic (exact) mass is 240 g/mol. The number of carbonyl (C=O) groups is 1. The molecule has 4 nitrogen and oxygen atoms in total. The van der Waals surface area contributed by atoms with Gasteiger partial charge in [-0.3, -0.25) is 4.79 Å². The standard InChI is InChI=1S/C13H24N2O2/c1-3-14-13(12(16)17)8-4-5-11(9-13)15(2)10-6-7-10/h10-11,14H,3-9H2,1-2H3,(H,16,17). The highest BCUT2D eigenvalue weighted by Gasteiger charge is 2.44. The SMILES string of the molecule is CCNC1(C(=O)O)CCCC(N(C)C2CC2)C1. The average molecular weight is 240 g/mol. The predicted octanol–water partition coefficient (Wildman–Crippen LogP) is 1.46. The third-order valence-corrected chi connectivity index (χ3v) is 4.35. The van der Waals surface area contributed by atoms with Crippen molar-refractivity contribution >= 4 is 5.97 Å². The lowest BCUT2D eigenvalue weighted by Crippen LogP contribution is -2.58. The fourth-order valence-corrected chi connectivity index (χ4v) is 3.14. The Morgan fingerprint density at radius 2 is 2.12 bits per heavy atom. The van der Waals surface area contributed by atoms with E-state index in [-0.39, 0.29) is 0 Å². The van der Waals surface area contributed by atoms with Gasteiger partial charge in [-0.1, -0.05) is 6.92 Å². The van der Waals surface area contributed by atoms with Crippen LogP contribution in [0.15, 0.2) is 0 Å². The second kappa shape index (κ2) is 4.94. The van der Waals surface area contributed by atoms with E-state index in [1.807, 2.05) is 6.92 Å². The molecule has 0 heterocycles. The topological polar surface area (TPSA) is 52.6 Å². The molecule has 0 aromatic heterocycles. The van der Waals surface area contributed by atoms with E-state index in [2.05, 4.69) is 17.3 Å². The Bertz CT molecular complexity index is 287. The molecule has 0 spiro atoms. The highest BCUT2D eigenvalue weighted by molar-refractivity contribution is 5.79. The van der Waals surface area contributed by atoms with Gasteiger partial charge < -0.3 is 15.3 Å². The molecule has 2 rings (SSSR count). The molecule has 0 bridgehead atoms. The van der Waals surface area contributed by atoms with E-state index in [1.54, 1.807) is 0 Å². The summed E-state index contributed by atoms with van der Waals surface area (Å²) < 4.78 is 0. The van der Waals surface area contributed by atoms with Gasteiger partial charge in [-0.15, -0.1) is 0 Å². The Morgan fingerprint density at radius 3 is 2.65 bits per heavy atom. The van der Waals surface area contributed by atoms with Crippen molar-refractivity contribution in [3.8, 4) is 0 Å². The number of nitrogens with zero attached hydrogens (tertiary/aromatic N) is 1. The average Bonchev–Trinajstić information content (AvgIpc) is 3.12. The van der Waals surface area contributed by atoms with Gasteiger partial charge in [-0.05, 0) is 52.1 Å². The summed E-state index contributed by atoms with van der Waals surface area (Å²) in [4.78, 5) is 13.9. The van der Waals surface area contributed by atoms with Crippen LogP contribution < -0.4 is 5.32 Å². The summed E-state index contributed by atoms with van der Waals surface area (Å²) >= 11 is 0. The number of rotatable bonds is 5. The number of hydrogen-bond acceptors (Lipinski definition) is 3. The third-order valence-electron chi connectivity index (χ3n) is 4.35. The Hall–Kier alpha value is -0.610. The molecule has 0 aromatic rings. The minimum atomic E-state index is -0.680. The number of carboxylic acids is 1. The van der Waals surface area contributed by atoms with Crippen molar-refractivity contribution in [2.45, 2.75) is 63.1 Å². The molecular weight excluding hydrogens is 216 g/mol. The van der Waals surface area contributed by atoms with Crippen molar-refractivity contribution in [2.75, 3.05) is 13.6 Å². The van der Waals surface area contributed by atoms with E-state index in [0.717, 1.165) is 32.2 Å². The molecular formula is C13H24N2O2. The lowest BCUT2D eigenvalue weighted by Gasteiger charge is -2.41. The van der Waals surface area contributed by atoms with Crippen LogP contribution in [0.25, 0.3) is 0 Å². The maximum Gasteiger partial charge on any atom is 0.323 e. The molecule has 17 heavy (non-hydrogen) atoms. The Kier molecular flexibility index (Phi) is 3.73. The molecule has 2 saturated carbocycles. The summed E-state index contributed by atoms with van der Waals surface area (Å²) in [5.41, 5.74) is -0.680. The van der Waals surface area contributed by atoms with Crippen LogP contribution in [0.1, 0.15) is 45.4 Å². The van der Waals surface area contributed by atoms with Crippen molar-refractivity contribution in [3.05, 3.63) is 0 Å². The summed E-state index contributed by atoms with van der Waals surface area (Å²) in [5, 5.41) is 12.7. The third kappa shape index (κ3) is 2.63. The van der Waals surface area contributed by atoms with Crippen LogP contribution in [0.5, 0.6) is 0 Å². The van der Waals surface area contributed by atoms with Crippen LogP contribution in [0, 0.1) is 0 Å². The Labute approximate surface area is 103 Å². The lowest BCUT2D eigenvalue weighted by molar-refractivity contribution is -0.147. The van der Waals surface area contributed by atoms with Crippen LogP contribution in [-0.2, 0) is 4.79 Å². The fourth-order valence-electron chi connectivity index (χ4n) is 3.14. The van der Waals surface area contributed by atoms with Crippen LogP contribution in [-0.4, -0.2) is 47.2 Å². The molecule has 2 fully saturated rings. The maximum absolute atomic E-state index is 11.5. The van der Waals surface area contributed by atoms with Crippen LogP contribution in [0.2, 0.25) is 0 Å². The fraction of sp³-hybridized carbons (Fsp3) is 0.923. The van der Waals surface area contributed by atoms with Crippen molar-refractivity contribution < 1.29 is 9.90 Å². The molecule has 2 atom stereocenters. The minimum Gasteiger partial charge on any atom is -0.480 e. The zero-order valence-corrected chi connectivity index (χ0v) is 10.9. The van der Waals surface area contributed by atoms with E-state index in [4.69, 9.17) is 0 Å². The summed E-state index contributed by atoms with van der Waals surface area (Å²) in [6, 6.07) is 1.15. The zero-order valence-electron chi connectivity index (χ0n) is 10.9. The van der Waals surface area contributed by atoms with Gasteiger partial charge in [-0.25, -0.2) is 0 Å². The molecule has 2 N–H and O–H groups in total. The van der Waals surface area contributed by atoms with Crippen molar-refractivity contribution in [1.82, 2.24) is 10.2 Å². The van der Waals surface area contributed by atoms with Gasteiger partial charge in [0, 0.05) is 12.1 Å². The molecule has 2 aliphatic carbocycles. The molecule has 0 aromatic carbocycles. The first-order valence-corrected chi connectivity index (χ1v) is 6.79. The number of nitrogens with one attached hydrogen (secondary N) is 1. The van der Waals surface area contributed by atoms with Crippen LogP contribution in [0.3, 0.4) is 0 Å². The molecule has 0 saturated heterocycles. The van der Waals surface area contributed by atoms with Gasteiger partial charge in [0.2, 0.25) is 0 Å². The van der Waals surface area contributed by atoms with Gasteiger partial charge in [0.25, 0.3) is 0 Å². The summed E-state index contributed by atoms with van der Waals surface area (Å²) in [6.45, 7) is 2.71. The van der Waals surface area contributed by atoms with E-state index in [0.29, 0.717) is 12.1 Å². The van der Waals surface area contributed by atoms with Gasteiger partial charge in [0.15, 0.2) is 0 Å². The zero-order chi connectivity index (χ0) is 12.5.